The highest BCUT2D eigenvalue weighted by atomic mass is 16.2. The highest BCUT2D eigenvalue weighted by Crippen LogP contribution is 2.24. The van der Waals surface area contributed by atoms with Gasteiger partial charge in [-0.05, 0) is 24.3 Å². The zero-order valence-corrected chi connectivity index (χ0v) is 13.0. The van der Waals surface area contributed by atoms with Crippen LogP contribution in [-0.2, 0) is 9.59 Å². The van der Waals surface area contributed by atoms with Gasteiger partial charge in [-0.2, -0.15) is 0 Å². The van der Waals surface area contributed by atoms with Crippen molar-refractivity contribution in [3.63, 3.8) is 0 Å². The summed E-state index contributed by atoms with van der Waals surface area (Å²) in [6.45, 7) is 11.9. The molecule has 0 aliphatic carbocycles. The molecule has 1 fully saturated rings. The maximum Gasteiger partial charge on any atom is 0.229 e. The minimum atomic E-state index is -0.0173. The average molecular weight is 268 g/mol. The summed E-state index contributed by atoms with van der Waals surface area (Å²) in [5.74, 6) is 0.153. The van der Waals surface area contributed by atoms with Gasteiger partial charge in [0.05, 0.1) is 0 Å². The lowest BCUT2D eigenvalue weighted by Crippen LogP contribution is -2.53. The predicted octanol–water partition coefficient (Wildman–Crippen LogP) is 2.19. The molecule has 19 heavy (non-hydrogen) atoms. The first-order valence-electron chi connectivity index (χ1n) is 7.32. The fourth-order valence-corrected chi connectivity index (χ4v) is 2.38. The zero-order chi connectivity index (χ0) is 14.6. The van der Waals surface area contributed by atoms with Gasteiger partial charge in [-0.1, -0.05) is 34.6 Å². The molecule has 0 saturated carbocycles. The van der Waals surface area contributed by atoms with Gasteiger partial charge in [-0.25, -0.2) is 0 Å². The van der Waals surface area contributed by atoms with E-state index in [0.717, 1.165) is 13.0 Å². The van der Waals surface area contributed by atoms with Gasteiger partial charge >= 0.3 is 0 Å². The molecule has 1 aliphatic heterocycles. The Hall–Kier alpha value is -0.900. The van der Waals surface area contributed by atoms with Crippen molar-refractivity contribution in [2.45, 2.75) is 59.9 Å². The van der Waals surface area contributed by atoms with Crippen LogP contribution in [0.5, 0.6) is 0 Å². The van der Waals surface area contributed by atoms with Crippen LogP contribution in [0.3, 0.4) is 0 Å². The second kappa shape index (κ2) is 6.51. The number of carbonyl (C=O) groups is 2. The Labute approximate surface area is 116 Å². The van der Waals surface area contributed by atoms with Crippen molar-refractivity contribution >= 4 is 11.8 Å². The largest absolute Gasteiger partial charge is 0.312 e. The molecule has 1 unspecified atom stereocenters. The fourth-order valence-electron chi connectivity index (χ4n) is 2.38. The van der Waals surface area contributed by atoms with Gasteiger partial charge in [0.15, 0.2) is 0 Å². The van der Waals surface area contributed by atoms with Crippen LogP contribution in [0.2, 0.25) is 0 Å². The van der Waals surface area contributed by atoms with E-state index in [1.807, 2.05) is 6.92 Å². The third-order valence-corrected chi connectivity index (χ3v) is 3.70. The van der Waals surface area contributed by atoms with Gasteiger partial charge < -0.3 is 5.32 Å². The van der Waals surface area contributed by atoms with Crippen molar-refractivity contribution in [1.29, 1.82) is 0 Å². The molecule has 1 heterocycles. The van der Waals surface area contributed by atoms with Crippen molar-refractivity contribution in [2.75, 3.05) is 13.1 Å². The monoisotopic (exact) mass is 268 g/mol. The van der Waals surface area contributed by atoms with Gasteiger partial charge in [-0.15, -0.1) is 0 Å². The number of amides is 2. The summed E-state index contributed by atoms with van der Waals surface area (Å²) in [4.78, 5) is 25.5. The zero-order valence-electron chi connectivity index (χ0n) is 13.0. The topological polar surface area (TPSA) is 49.4 Å². The summed E-state index contributed by atoms with van der Waals surface area (Å²) in [6.07, 6.45) is 2.04. The number of nitrogens with one attached hydrogen (secondary N) is 1. The van der Waals surface area contributed by atoms with Crippen molar-refractivity contribution < 1.29 is 9.59 Å². The predicted molar refractivity (Wildman–Crippen MR) is 76.7 cm³/mol. The molecule has 2 amide bonds. The summed E-state index contributed by atoms with van der Waals surface area (Å²) >= 11 is 0. The van der Waals surface area contributed by atoms with Crippen LogP contribution in [0.4, 0.5) is 0 Å². The van der Waals surface area contributed by atoms with E-state index in [1.165, 1.54) is 4.90 Å². The smallest absolute Gasteiger partial charge is 0.229 e. The molecular formula is C15H28N2O2. The van der Waals surface area contributed by atoms with E-state index >= 15 is 0 Å². The Morgan fingerprint density at radius 3 is 2.21 bits per heavy atom. The molecular weight excluding hydrogens is 240 g/mol. The van der Waals surface area contributed by atoms with Gasteiger partial charge in [0.25, 0.3) is 0 Å². The number of hydrogen-bond donors (Lipinski definition) is 1. The highest BCUT2D eigenvalue weighted by Gasteiger charge is 2.34. The molecule has 110 valence electrons. The number of carbonyl (C=O) groups excluding carboxylic acids is 2. The molecule has 1 aliphatic rings. The lowest BCUT2D eigenvalue weighted by atomic mass is 9.85. The van der Waals surface area contributed by atoms with Gasteiger partial charge in [-0.3, -0.25) is 14.5 Å². The Morgan fingerprint density at radius 2 is 1.79 bits per heavy atom. The third kappa shape index (κ3) is 4.60. The van der Waals surface area contributed by atoms with Crippen LogP contribution in [0.1, 0.15) is 53.9 Å². The van der Waals surface area contributed by atoms with Gasteiger partial charge in [0, 0.05) is 25.4 Å². The number of likely N-dealkylation sites (tertiary alicyclic amines) is 1. The molecule has 0 radical (unpaired) electrons. The standard InChI is InChI=1S/C15H28N2O2/c1-6-7-16-12(15(3,4)5)10-17-13(18)8-11(2)9-14(17)19/h11-12,16H,6-10H2,1-5H3. The van der Waals surface area contributed by atoms with Crippen LogP contribution in [0.15, 0.2) is 0 Å². The van der Waals surface area contributed by atoms with Crippen molar-refractivity contribution in [2.24, 2.45) is 11.3 Å². The maximum absolute atomic E-state index is 12.0. The molecule has 0 bridgehead atoms. The first kappa shape index (κ1) is 16.2. The maximum atomic E-state index is 12.0. The van der Waals surface area contributed by atoms with Crippen LogP contribution in [0.25, 0.3) is 0 Å². The fraction of sp³-hybridized carbons (Fsp3) is 0.867. The molecule has 0 aromatic carbocycles. The van der Waals surface area contributed by atoms with E-state index in [1.54, 1.807) is 0 Å². The van der Waals surface area contributed by atoms with Crippen molar-refractivity contribution in [3.05, 3.63) is 0 Å². The molecule has 4 nitrogen and oxygen atoms in total. The van der Waals surface area contributed by atoms with Gasteiger partial charge in [0.2, 0.25) is 11.8 Å². The normalized spacial score (nSPS) is 19.9. The summed E-state index contributed by atoms with van der Waals surface area (Å²) < 4.78 is 0. The number of piperidine rings is 1. The molecule has 0 aromatic rings. The number of hydrogen-bond acceptors (Lipinski definition) is 3. The number of imide groups is 1. The second-order valence-corrected chi connectivity index (χ2v) is 6.78. The van der Waals surface area contributed by atoms with Crippen molar-refractivity contribution in [3.8, 4) is 0 Å². The molecule has 4 heteroatoms. The molecule has 1 rings (SSSR count). The van der Waals surface area contributed by atoms with Crippen molar-refractivity contribution in [1.82, 2.24) is 10.2 Å². The first-order valence-corrected chi connectivity index (χ1v) is 7.32. The third-order valence-electron chi connectivity index (χ3n) is 3.70. The quantitative estimate of drug-likeness (QED) is 0.778. The molecule has 1 atom stereocenters. The van der Waals surface area contributed by atoms with Crippen LogP contribution >= 0.6 is 0 Å². The van der Waals surface area contributed by atoms with Crippen LogP contribution in [-0.4, -0.2) is 35.8 Å². The Morgan fingerprint density at radius 1 is 1.26 bits per heavy atom. The molecule has 1 saturated heterocycles. The van der Waals surface area contributed by atoms with E-state index in [2.05, 4.69) is 33.0 Å². The lowest BCUT2D eigenvalue weighted by molar-refractivity contribution is -0.150. The Balaban J connectivity index is 2.72. The summed E-state index contributed by atoms with van der Waals surface area (Å²) in [7, 11) is 0. The Bertz CT molecular complexity index is 316. The van der Waals surface area contributed by atoms with Gasteiger partial charge in [0.1, 0.15) is 0 Å². The van der Waals surface area contributed by atoms with Crippen LogP contribution in [0, 0.1) is 11.3 Å². The van der Waals surface area contributed by atoms with E-state index in [9.17, 15) is 9.59 Å². The average Bonchev–Trinajstić information content (AvgIpc) is 2.25. The van der Waals surface area contributed by atoms with E-state index in [0.29, 0.717) is 19.4 Å². The first-order chi connectivity index (χ1) is 8.75. The minimum Gasteiger partial charge on any atom is -0.312 e. The number of nitrogens with zero attached hydrogens (tertiary/aromatic N) is 1. The van der Waals surface area contributed by atoms with E-state index in [-0.39, 0.29) is 29.2 Å². The SMILES string of the molecule is CCCNC(CN1C(=O)CC(C)CC1=O)C(C)(C)C. The van der Waals surface area contributed by atoms with E-state index in [4.69, 9.17) is 0 Å². The molecule has 0 aromatic heterocycles. The summed E-state index contributed by atoms with van der Waals surface area (Å²) in [5, 5.41) is 3.46. The summed E-state index contributed by atoms with van der Waals surface area (Å²) in [5.41, 5.74) is 0.0266. The second-order valence-electron chi connectivity index (χ2n) is 6.78. The Kier molecular flexibility index (Phi) is 5.53. The number of rotatable bonds is 5. The molecule has 0 spiro atoms. The summed E-state index contributed by atoms with van der Waals surface area (Å²) in [6, 6.07) is 0.147. The van der Waals surface area contributed by atoms with Crippen LogP contribution < -0.4 is 5.32 Å². The lowest BCUT2D eigenvalue weighted by Gasteiger charge is -2.37. The van der Waals surface area contributed by atoms with E-state index < -0.39 is 0 Å². The highest BCUT2D eigenvalue weighted by molar-refractivity contribution is 5.97. The molecule has 1 N–H and O–H groups in total. The minimum absolute atomic E-state index is 0.0173.